The van der Waals surface area contributed by atoms with Crippen LogP contribution in [0.25, 0.3) is 0 Å². The highest BCUT2D eigenvalue weighted by Crippen LogP contribution is 2.14. The van der Waals surface area contributed by atoms with Gasteiger partial charge in [-0.1, -0.05) is 15.9 Å². The Hall–Kier alpha value is -1.44. The highest BCUT2D eigenvalue weighted by molar-refractivity contribution is 9.10. The Morgan fingerprint density at radius 2 is 1.74 bits per heavy atom. The number of carbonyl (C=O) groups excluding carboxylic acids is 2. The van der Waals surface area contributed by atoms with Gasteiger partial charge in [-0.25, -0.2) is 0 Å². The van der Waals surface area contributed by atoms with Crippen molar-refractivity contribution in [2.45, 2.75) is 6.10 Å². The number of amides is 2. The van der Waals surface area contributed by atoms with E-state index in [1.54, 1.807) is 9.80 Å². The molecule has 2 heterocycles. The van der Waals surface area contributed by atoms with Crippen molar-refractivity contribution in [3.05, 3.63) is 34.3 Å². The molecule has 1 N–H and O–H groups in total. The molecule has 23 heavy (non-hydrogen) atoms. The number of benzene rings is 1. The molecule has 7 heteroatoms. The zero-order valence-corrected chi connectivity index (χ0v) is 14.4. The molecule has 2 aliphatic rings. The monoisotopic (exact) mass is 381 g/mol. The Balaban J connectivity index is 1.54. The lowest BCUT2D eigenvalue weighted by molar-refractivity contribution is -0.146. The fourth-order valence-electron chi connectivity index (χ4n) is 2.83. The first-order chi connectivity index (χ1) is 11.1. The summed E-state index contributed by atoms with van der Waals surface area (Å²) in [4.78, 5) is 28.4. The smallest absolute Gasteiger partial charge is 0.253 e. The lowest BCUT2D eigenvalue weighted by Crippen LogP contribution is -2.56. The molecule has 6 nitrogen and oxygen atoms in total. The van der Waals surface area contributed by atoms with Crippen molar-refractivity contribution in [1.82, 2.24) is 15.1 Å². The molecule has 0 saturated carbocycles. The predicted octanol–water partition coefficient (Wildman–Crippen LogP) is 0.722. The SMILES string of the molecule is O=C(c1ccc(Br)cc1)N1CCN(C(=O)C2CNCCO2)CC1. The van der Waals surface area contributed by atoms with Crippen molar-refractivity contribution in [3.63, 3.8) is 0 Å². The second-order valence-corrected chi connectivity index (χ2v) is 6.60. The van der Waals surface area contributed by atoms with Crippen molar-refractivity contribution in [3.8, 4) is 0 Å². The van der Waals surface area contributed by atoms with Gasteiger partial charge in [0.1, 0.15) is 6.10 Å². The zero-order chi connectivity index (χ0) is 16.2. The first kappa shape index (κ1) is 16.4. The first-order valence-corrected chi connectivity index (χ1v) is 8.60. The number of carbonyl (C=O) groups is 2. The number of halogens is 1. The Morgan fingerprint density at radius 1 is 1.09 bits per heavy atom. The van der Waals surface area contributed by atoms with Crippen molar-refractivity contribution in [1.29, 1.82) is 0 Å². The van der Waals surface area contributed by atoms with Gasteiger partial charge in [-0.15, -0.1) is 0 Å². The fourth-order valence-corrected chi connectivity index (χ4v) is 3.10. The highest BCUT2D eigenvalue weighted by Gasteiger charge is 2.30. The summed E-state index contributed by atoms with van der Waals surface area (Å²) in [6, 6.07) is 7.35. The molecule has 0 aliphatic carbocycles. The van der Waals surface area contributed by atoms with E-state index in [9.17, 15) is 9.59 Å². The molecule has 0 bridgehead atoms. The van der Waals surface area contributed by atoms with E-state index >= 15 is 0 Å². The maximum absolute atomic E-state index is 12.5. The Labute approximate surface area is 143 Å². The summed E-state index contributed by atoms with van der Waals surface area (Å²) in [5, 5.41) is 3.17. The molecule has 1 aromatic carbocycles. The third kappa shape index (κ3) is 3.91. The van der Waals surface area contributed by atoms with Crippen LogP contribution in [0.3, 0.4) is 0 Å². The van der Waals surface area contributed by atoms with Gasteiger partial charge in [0, 0.05) is 49.3 Å². The number of rotatable bonds is 2. The molecule has 1 unspecified atom stereocenters. The molecule has 124 valence electrons. The van der Waals surface area contributed by atoms with Crippen molar-refractivity contribution in [2.24, 2.45) is 0 Å². The van der Waals surface area contributed by atoms with Gasteiger partial charge in [0.2, 0.25) is 0 Å². The highest BCUT2D eigenvalue weighted by atomic mass is 79.9. The molecule has 2 aliphatic heterocycles. The number of ether oxygens (including phenoxy) is 1. The van der Waals surface area contributed by atoms with Gasteiger partial charge < -0.3 is 19.9 Å². The van der Waals surface area contributed by atoms with Gasteiger partial charge in [-0.3, -0.25) is 9.59 Å². The standard InChI is InChI=1S/C16H20BrN3O3/c17-13-3-1-12(2-4-13)15(21)19-6-8-20(9-7-19)16(22)14-11-18-5-10-23-14/h1-4,14,18H,5-11H2. The normalized spacial score (nSPS) is 22.0. The van der Waals surface area contributed by atoms with E-state index < -0.39 is 6.10 Å². The van der Waals surface area contributed by atoms with E-state index in [0.717, 1.165) is 11.0 Å². The van der Waals surface area contributed by atoms with Gasteiger partial charge in [0.15, 0.2) is 0 Å². The molecule has 0 aromatic heterocycles. The average Bonchev–Trinajstić information content (AvgIpc) is 2.62. The number of morpholine rings is 1. The second kappa shape index (κ2) is 7.42. The van der Waals surface area contributed by atoms with Gasteiger partial charge >= 0.3 is 0 Å². The predicted molar refractivity (Wildman–Crippen MR) is 89.2 cm³/mol. The molecule has 1 aromatic rings. The van der Waals surface area contributed by atoms with Crippen LogP contribution >= 0.6 is 15.9 Å². The molecule has 1 atom stereocenters. The van der Waals surface area contributed by atoms with Crippen LogP contribution < -0.4 is 5.32 Å². The summed E-state index contributed by atoms with van der Waals surface area (Å²) in [5.74, 6) is 0.0353. The summed E-state index contributed by atoms with van der Waals surface area (Å²) in [6.45, 7) is 4.15. The van der Waals surface area contributed by atoms with Crippen LogP contribution in [0.2, 0.25) is 0 Å². The van der Waals surface area contributed by atoms with Crippen LogP contribution in [0, 0.1) is 0 Å². The van der Waals surface area contributed by atoms with Crippen molar-refractivity contribution >= 4 is 27.7 Å². The first-order valence-electron chi connectivity index (χ1n) is 7.81. The van der Waals surface area contributed by atoms with Gasteiger partial charge in [0.25, 0.3) is 11.8 Å². The molecule has 2 amide bonds. The minimum absolute atomic E-state index is 0.0141. The number of nitrogens with one attached hydrogen (secondary N) is 1. The topological polar surface area (TPSA) is 61.9 Å². The van der Waals surface area contributed by atoms with E-state index in [-0.39, 0.29) is 11.8 Å². The van der Waals surface area contributed by atoms with Crippen LogP contribution in [-0.2, 0) is 9.53 Å². The lowest BCUT2D eigenvalue weighted by Gasteiger charge is -2.37. The summed E-state index contributed by atoms with van der Waals surface area (Å²) >= 11 is 3.37. The minimum atomic E-state index is -0.391. The van der Waals surface area contributed by atoms with Crippen LogP contribution in [0.15, 0.2) is 28.7 Å². The van der Waals surface area contributed by atoms with Crippen LogP contribution in [0.1, 0.15) is 10.4 Å². The summed E-state index contributed by atoms with van der Waals surface area (Å²) < 4.78 is 6.46. The Morgan fingerprint density at radius 3 is 2.35 bits per heavy atom. The molecular formula is C16H20BrN3O3. The Bertz CT molecular complexity index is 564. The largest absolute Gasteiger partial charge is 0.366 e. The quantitative estimate of drug-likeness (QED) is 0.819. The van der Waals surface area contributed by atoms with Crippen LogP contribution in [0.5, 0.6) is 0 Å². The fraction of sp³-hybridized carbons (Fsp3) is 0.500. The second-order valence-electron chi connectivity index (χ2n) is 5.69. The molecule has 0 radical (unpaired) electrons. The van der Waals surface area contributed by atoms with Gasteiger partial charge in [0.05, 0.1) is 6.61 Å². The number of piperazine rings is 1. The number of hydrogen-bond donors (Lipinski definition) is 1. The molecule has 0 spiro atoms. The zero-order valence-electron chi connectivity index (χ0n) is 12.8. The molecule has 2 fully saturated rings. The van der Waals surface area contributed by atoms with E-state index in [1.165, 1.54) is 0 Å². The van der Waals surface area contributed by atoms with Crippen molar-refractivity contribution < 1.29 is 14.3 Å². The maximum atomic E-state index is 12.5. The van der Waals surface area contributed by atoms with Crippen LogP contribution in [-0.4, -0.2) is 73.6 Å². The van der Waals surface area contributed by atoms with E-state index in [4.69, 9.17) is 4.74 Å². The summed E-state index contributed by atoms with van der Waals surface area (Å²) in [6.07, 6.45) is -0.391. The molecular weight excluding hydrogens is 362 g/mol. The maximum Gasteiger partial charge on any atom is 0.253 e. The summed E-state index contributed by atoms with van der Waals surface area (Å²) in [5.41, 5.74) is 0.674. The summed E-state index contributed by atoms with van der Waals surface area (Å²) in [7, 11) is 0. The number of nitrogens with zero attached hydrogens (tertiary/aromatic N) is 2. The molecule has 3 rings (SSSR count). The lowest BCUT2D eigenvalue weighted by atomic mass is 10.1. The van der Waals surface area contributed by atoms with E-state index in [2.05, 4.69) is 21.2 Å². The molecule has 2 saturated heterocycles. The third-order valence-electron chi connectivity index (χ3n) is 4.17. The third-order valence-corrected chi connectivity index (χ3v) is 4.70. The minimum Gasteiger partial charge on any atom is -0.366 e. The average molecular weight is 382 g/mol. The Kier molecular flexibility index (Phi) is 5.30. The van der Waals surface area contributed by atoms with E-state index in [0.29, 0.717) is 44.9 Å². The van der Waals surface area contributed by atoms with E-state index in [1.807, 2.05) is 24.3 Å². The van der Waals surface area contributed by atoms with Crippen molar-refractivity contribution in [2.75, 3.05) is 45.9 Å². The van der Waals surface area contributed by atoms with Gasteiger partial charge in [-0.05, 0) is 24.3 Å². The van der Waals surface area contributed by atoms with Gasteiger partial charge in [-0.2, -0.15) is 0 Å². The number of hydrogen-bond acceptors (Lipinski definition) is 4. The van der Waals surface area contributed by atoms with Crippen LogP contribution in [0.4, 0.5) is 0 Å².